The van der Waals surface area contributed by atoms with E-state index in [-0.39, 0.29) is 23.0 Å². The van der Waals surface area contributed by atoms with Crippen LogP contribution in [0.25, 0.3) is 0 Å². The summed E-state index contributed by atoms with van der Waals surface area (Å²) < 4.78 is 0. The molecule has 2 aliphatic rings. The molecular formula is C23H25NO2S. The predicted octanol–water partition coefficient (Wildman–Crippen LogP) is 5.53. The molecule has 0 radical (unpaired) electrons. The van der Waals surface area contributed by atoms with Crippen LogP contribution in [0, 0.1) is 19.3 Å². The highest BCUT2D eigenvalue weighted by Crippen LogP contribution is 2.49. The van der Waals surface area contributed by atoms with E-state index in [1.165, 1.54) is 0 Å². The number of rotatable bonds is 2. The van der Waals surface area contributed by atoms with Gasteiger partial charge in [0, 0.05) is 34.9 Å². The molecule has 0 saturated carbocycles. The van der Waals surface area contributed by atoms with Crippen LogP contribution in [-0.2, 0) is 9.59 Å². The maximum absolute atomic E-state index is 13.3. The van der Waals surface area contributed by atoms with Gasteiger partial charge in [-0.3, -0.25) is 14.5 Å². The van der Waals surface area contributed by atoms with Crippen LogP contribution in [0.5, 0.6) is 0 Å². The van der Waals surface area contributed by atoms with Gasteiger partial charge in [0.2, 0.25) is 5.91 Å². The molecule has 1 aromatic carbocycles. The predicted molar refractivity (Wildman–Crippen MR) is 110 cm³/mol. The minimum atomic E-state index is -0.135. The maximum atomic E-state index is 13.3. The van der Waals surface area contributed by atoms with Gasteiger partial charge in [-0.05, 0) is 54.3 Å². The van der Waals surface area contributed by atoms with Gasteiger partial charge in [0.15, 0.2) is 5.78 Å². The van der Waals surface area contributed by atoms with Gasteiger partial charge in [-0.15, -0.1) is 11.3 Å². The van der Waals surface area contributed by atoms with Crippen molar-refractivity contribution in [1.29, 1.82) is 0 Å². The van der Waals surface area contributed by atoms with Gasteiger partial charge in [-0.2, -0.15) is 0 Å². The molecule has 1 aliphatic carbocycles. The van der Waals surface area contributed by atoms with Crippen molar-refractivity contribution in [3.8, 4) is 0 Å². The lowest BCUT2D eigenvalue weighted by atomic mass is 9.70. The fraction of sp³-hybridized carbons (Fsp3) is 0.391. The second-order valence-corrected chi connectivity index (χ2v) is 9.50. The average molecular weight is 380 g/mol. The normalized spacial score (nSPS) is 22.2. The third kappa shape index (κ3) is 3.06. The average Bonchev–Trinajstić information content (AvgIpc) is 3.10. The molecule has 1 atom stereocenters. The monoisotopic (exact) mass is 379 g/mol. The molecule has 4 heteroatoms. The number of aryl methyl sites for hydroxylation is 1. The summed E-state index contributed by atoms with van der Waals surface area (Å²) in [4.78, 5) is 29.5. The number of carbonyl (C=O) groups excluding carboxylic acids is 2. The Morgan fingerprint density at radius 1 is 1.07 bits per heavy atom. The second-order valence-electron chi connectivity index (χ2n) is 8.52. The van der Waals surface area contributed by atoms with E-state index in [1.807, 2.05) is 34.5 Å². The number of carbonyl (C=O) groups is 2. The van der Waals surface area contributed by atoms with Crippen molar-refractivity contribution >= 4 is 28.7 Å². The lowest BCUT2D eigenvalue weighted by molar-refractivity contribution is -0.120. The summed E-state index contributed by atoms with van der Waals surface area (Å²) in [6, 6.07) is 10.1. The van der Waals surface area contributed by atoms with Crippen molar-refractivity contribution in [2.75, 3.05) is 4.90 Å². The number of ketones is 1. The number of anilines is 1. The number of benzene rings is 1. The summed E-state index contributed by atoms with van der Waals surface area (Å²) in [5.41, 5.74) is 4.82. The number of hydrogen-bond donors (Lipinski definition) is 0. The zero-order chi connectivity index (χ0) is 19.3. The molecule has 0 bridgehead atoms. The third-order valence-corrected chi connectivity index (χ3v) is 6.83. The summed E-state index contributed by atoms with van der Waals surface area (Å²) in [6.45, 7) is 8.36. The van der Waals surface area contributed by atoms with Crippen LogP contribution in [0.1, 0.15) is 55.0 Å². The van der Waals surface area contributed by atoms with Crippen molar-refractivity contribution < 1.29 is 9.59 Å². The van der Waals surface area contributed by atoms with Crippen LogP contribution in [0.4, 0.5) is 5.69 Å². The highest BCUT2D eigenvalue weighted by Gasteiger charge is 2.44. The number of amides is 1. The maximum Gasteiger partial charge on any atom is 0.232 e. The van der Waals surface area contributed by atoms with E-state index in [9.17, 15) is 9.59 Å². The van der Waals surface area contributed by atoms with E-state index in [1.54, 1.807) is 11.3 Å². The molecule has 0 fully saturated rings. The first kappa shape index (κ1) is 18.2. The Bertz CT molecular complexity index is 953. The van der Waals surface area contributed by atoms with E-state index < -0.39 is 0 Å². The molecule has 140 valence electrons. The molecule has 3 nitrogen and oxygen atoms in total. The molecule has 0 spiro atoms. The second kappa shape index (κ2) is 6.45. The van der Waals surface area contributed by atoms with Crippen LogP contribution >= 0.6 is 11.3 Å². The smallest absolute Gasteiger partial charge is 0.232 e. The van der Waals surface area contributed by atoms with Gasteiger partial charge in [0.05, 0.1) is 5.69 Å². The molecule has 1 amide bonds. The van der Waals surface area contributed by atoms with Crippen molar-refractivity contribution in [3.05, 3.63) is 63.0 Å². The van der Waals surface area contributed by atoms with Crippen LogP contribution in [0.2, 0.25) is 0 Å². The molecule has 0 saturated heterocycles. The highest BCUT2D eigenvalue weighted by atomic mass is 32.1. The topological polar surface area (TPSA) is 37.4 Å². The molecule has 1 aliphatic heterocycles. The Morgan fingerprint density at radius 2 is 1.85 bits per heavy atom. The van der Waals surface area contributed by atoms with Crippen LogP contribution < -0.4 is 4.90 Å². The van der Waals surface area contributed by atoms with Crippen molar-refractivity contribution in [3.63, 3.8) is 0 Å². The first-order valence-corrected chi connectivity index (χ1v) is 10.4. The van der Waals surface area contributed by atoms with E-state index in [0.717, 1.165) is 39.4 Å². The number of hydrogen-bond acceptors (Lipinski definition) is 3. The Labute approximate surface area is 164 Å². The number of Topliss-reactive ketones (excluding diaryl/α,β-unsaturated/α-hetero) is 1. The fourth-order valence-electron chi connectivity index (χ4n) is 4.41. The minimum absolute atomic E-state index is 0.0892. The largest absolute Gasteiger partial charge is 0.294 e. The Kier molecular flexibility index (Phi) is 4.34. The zero-order valence-electron chi connectivity index (χ0n) is 16.3. The zero-order valence-corrected chi connectivity index (χ0v) is 17.2. The molecule has 2 aromatic rings. The molecule has 2 heterocycles. The Balaban J connectivity index is 1.94. The summed E-state index contributed by atoms with van der Waals surface area (Å²) in [7, 11) is 0. The van der Waals surface area contributed by atoms with Gasteiger partial charge >= 0.3 is 0 Å². The first-order chi connectivity index (χ1) is 12.8. The van der Waals surface area contributed by atoms with E-state index >= 15 is 0 Å². The summed E-state index contributed by atoms with van der Waals surface area (Å²) in [6.07, 6.45) is 1.65. The lowest BCUT2D eigenvalue weighted by Crippen LogP contribution is -2.43. The van der Waals surface area contributed by atoms with E-state index in [2.05, 4.69) is 33.8 Å². The summed E-state index contributed by atoms with van der Waals surface area (Å²) >= 11 is 1.63. The SMILES string of the molecule is Cc1cccc(N2C(=O)CC(c3cccs3)C3=C2CC(C)(C)CC3=O)c1C. The van der Waals surface area contributed by atoms with Gasteiger partial charge in [0.1, 0.15) is 0 Å². The number of thiophene rings is 1. The fourth-order valence-corrected chi connectivity index (χ4v) is 5.24. The van der Waals surface area contributed by atoms with Crippen LogP contribution in [-0.4, -0.2) is 11.7 Å². The van der Waals surface area contributed by atoms with E-state index in [4.69, 9.17) is 0 Å². The molecular weight excluding hydrogens is 354 g/mol. The van der Waals surface area contributed by atoms with Crippen molar-refractivity contribution in [2.24, 2.45) is 5.41 Å². The highest BCUT2D eigenvalue weighted by molar-refractivity contribution is 7.10. The quantitative estimate of drug-likeness (QED) is 0.688. The van der Waals surface area contributed by atoms with Gasteiger partial charge < -0.3 is 0 Å². The first-order valence-electron chi connectivity index (χ1n) is 9.47. The van der Waals surface area contributed by atoms with Gasteiger partial charge in [-0.25, -0.2) is 0 Å². The number of allylic oxidation sites excluding steroid dienone is 2. The van der Waals surface area contributed by atoms with Crippen molar-refractivity contribution in [1.82, 2.24) is 0 Å². The molecule has 1 unspecified atom stereocenters. The van der Waals surface area contributed by atoms with E-state index in [0.29, 0.717) is 12.8 Å². The minimum Gasteiger partial charge on any atom is -0.294 e. The molecule has 1 aromatic heterocycles. The van der Waals surface area contributed by atoms with Crippen LogP contribution in [0.3, 0.4) is 0 Å². The summed E-state index contributed by atoms with van der Waals surface area (Å²) in [5.74, 6) is 0.186. The van der Waals surface area contributed by atoms with Gasteiger partial charge in [-0.1, -0.05) is 32.0 Å². The Morgan fingerprint density at radius 3 is 2.56 bits per heavy atom. The molecule has 27 heavy (non-hydrogen) atoms. The third-order valence-electron chi connectivity index (χ3n) is 5.85. The Hall–Kier alpha value is -2.20. The van der Waals surface area contributed by atoms with Crippen molar-refractivity contribution in [2.45, 2.75) is 52.9 Å². The molecule has 0 N–H and O–H groups in total. The lowest BCUT2D eigenvalue weighted by Gasteiger charge is -2.43. The standard InChI is InChI=1S/C23H25NO2S/c1-14-7-5-8-17(15(14)2)24-18-12-23(3,4)13-19(25)22(18)16(11-21(24)26)20-9-6-10-27-20/h5-10,16H,11-13H2,1-4H3. The number of nitrogens with zero attached hydrogens (tertiary/aromatic N) is 1. The van der Waals surface area contributed by atoms with Crippen LogP contribution in [0.15, 0.2) is 47.0 Å². The van der Waals surface area contributed by atoms with Gasteiger partial charge in [0.25, 0.3) is 0 Å². The summed E-state index contributed by atoms with van der Waals surface area (Å²) in [5, 5.41) is 2.02. The molecule has 4 rings (SSSR count).